The number of nitrogens with zero attached hydrogens (tertiary/aromatic N) is 1. The molecule has 1 saturated heterocycles. The van der Waals surface area contributed by atoms with Crippen LogP contribution in [-0.2, 0) is 6.42 Å². The maximum atomic E-state index is 10.6. The number of hydrogen-bond acceptors (Lipinski definition) is 5. The van der Waals surface area contributed by atoms with E-state index in [2.05, 4.69) is 28.4 Å². The van der Waals surface area contributed by atoms with E-state index in [9.17, 15) is 5.11 Å². The molecule has 2 atom stereocenters. The van der Waals surface area contributed by atoms with E-state index in [-0.39, 0.29) is 6.04 Å². The molecule has 2 aliphatic heterocycles. The van der Waals surface area contributed by atoms with Crippen LogP contribution in [0, 0.1) is 0 Å². The minimum Gasteiger partial charge on any atom is -0.486 e. The molecular weight excluding hydrogens is 340 g/mol. The number of rotatable bonds is 3. The minimum absolute atomic E-state index is 0.125. The van der Waals surface area contributed by atoms with E-state index in [0.29, 0.717) is 19.3 Å². The summed E-state index contributed by atoms with van der Waals surface area (Å²) in [5.41, 5.74) is 3.49. The summed E-state index contributed by atoms with van der Waals surface area (Å²) in [4.78, 5) is 2.39. The number of ether oxygens (including phenoxy) is 2. The quantitative estimate of drug-likeness (QED) is 0.875. The first kappa shape index (κ1) is 16.9. The van der Waals surface area contributed by atoms with Crippen molar-refractivity contribution in [3.8, 4) is 11.5 Å². The summed E-state index contributed by atoms with van der Waals surface area (Å²) in [6.45, 7) is 3.19. The molecule has 27 heavy (non-hydrogen) atoms. The monoisotopic (exact) mass is 366 g/mol. The first-order valence-electron chi connectivity index (χ1n) is 9.95. The number of benzene rings is 2. The van der Waals surface area contributed by atoms with Crippen LogP contribution in [0.2, 0.25) is 0 Å². The zero-order valence-corrected chi connectivity index (χ0v) is 15.4. The van der Waals surface area contributed by atoms with Gasteiger partial charge in [0.05, 0.1) is 11.8 Å². The van der Waals surface area contributed by atoms with Gasteiger partial charge >= 0.3 is 0 Å². The van der Waals surface area contributed by atoms with E-state index in [1.165, 1.54) is 5.56 Å². The third-order valence-corrected chi connectivity index (χ3v) is 6.03. The van der Waals surface area contributed by atoms with Crippen LogP contribution >= 0.6 is 0 Å². The average Bonchev–Trinajstić information content (AvgIpc) is 3.04. The second-order valence-electron chi connectivity index (χ2n) is 7.68. The number of piperidine rings is 1. The summed E-state index contributed by atoms with van der Waals surface area (Å²) in [5, 5.41) is 14.3. The van der Waals surface area contributed by atoms with E-state index in [4.69, 9.17) is 9.47 Å². The van der Waals surface area contributed by atoms with E-state index in [1.54, 1.807) is 0 Å². The van der Waals surface area contributed by atoms with Crippen LogP contribution < -0.4 is 19.7 Å². The Morgan fingerprint density at radius 1 is 0.963 bits per heavy atom. The molecule has 1 aliphatic carbocycles. The van der Waals surface area contributed by atoms with Crippen LogP contribution in [0.1, 0.15) is 30.1 Å². The van der Waals surface area contributed by atoms with Crippen LogP contribution in [-0.4, -0.2) is 43.5 Å². The highest BCUT2D eigenvalue weighted by atomic mass is 16.6. The Balaban J connectivity index is 1.22. The molecule has 2 heterocycles. The summed E-state index contributed by atoms with van der Waals surface area (Å²) in [6, 6.07) is 14.9. The van der Waals surface area contributed by atoms with Crippen molar-refractivity contribution in [1.82, 2.24) is 5.32 Å². The van der Waals surface area contributed by atoms with Gasteiger partial charge in [0.1, 0.15) is 13.2 Å². The van der Waals surface area contributed by atoms with Crippen LogP contribution in [0.15, 0.2) is 42.5 Å². The van der Waals surface area contributed by atoms with Gasteiger partial charge in [0, 0.05) is 25.2 Å². The smallest absolute Gasteiger partial charge is 0.184 e. The molecule has 3 aliphatic rings. The topological polar surface area (TPSA) is 54.0 Å². The first-order valence-corrected chi connectivity index (χ1v) is 9.95. The SMILES string of the molecule is O[C@@H]1c2ccccc2C[C@@H]1NC1CCN(c2cccc3c2OCCO3)CC1. The molecule has 0 radical (unpaired) electrons. The van der Waals surface area contributed by atoms with Crippen LogP contribution in [0.5, 0.6) is 11.5 Å². The van der Waals surface area contributed by atoms with Crippen molar-refractivity contribution < 1.29 is 14.6 Å². The Morgan fingerprint density at radius 3 is 2.63 bits per heavy atom. The number of aliphatic hydroxyl groups excluding tert-OH is 1. The lowest BCUT2D eigenvalue weighted by atomic mass is 10.0. The van der Waals surface area contributed by atoms with Gasteiger partial charge in [-0.2, -0.15) is 0 Å². The minimum atomic E-state index is -0.397. The van der Waals surface area contributed by atoms with Crippen molar-refractivity contribution in [3.05, 3.63) is 53.6 Å². The highest BCUT2D eigenvalue weighted by Gasteiger charge is 2.33. The lowest BCUT2D eigenvalue weighted by molar-refractivity contribution is 0.132. The summed E-state index contributed by atoms with van der Waals surface area (Å²) >= 11 is 0. The lowest BCUT2D eigenvalue weighted by Crippen LogP contribution is -2.47. The van der Waals surface area contributed by atoms with E-state index < -0.39 is 6.10 Å². The Labute approximate surface area is 159 Å². The van der Waals surface area contributed by atoms with Gasteiger partial charge in [0.2, 0.25) is 0 Å². The number of nitrogens with one attached hydrogen (secondary N) is 1. The zero-order valence-electron chi connectivity index (χ0n) is 15.4. The third kappa shape index (κ3) is 3.15. The molecule has 0 bridgehead atoms. The van der Waals surface area contributed by atoms with Crippen molar-refractivity contribution in [3.63, 3.8) is 0 Å². The molecule has 0 aromatic heterocycles. The van der Waals surface area contributed by atoms with Gasteiger partial charge in [0.15, 0.2) is 11.5 Å². The summed E-state index contributed by atoms with van der Waals surface area (Å²) in [7, 11) is 0. The second kappa shape index (κ2) is 7.06. The highest BCUT2D eigenvalue weighted by molar-refractivity contribution is 5.65. The molecule has 1 fully saturated rings. The Kier molecular flexibility index (Phi) is 4.42. The van der Waals surface area contributed by atoms with E-state index >= 15 is 0 Å². The molecule has 2 N–H and O–H groups in total. The summed E-state index contributed by atoms with van der Waals surface area (Å²) in [5.74, 6) is 1.74. The Morgan fingerprint density at radius 2 is 1.78 bits per heavy atom. The normalized spacial score (nSPS) is 24.7. The van der Waals surface area contributed by atoms with Gasteiger partial charge in [-0.15, -0.1) is 0 Å². The van der Waals surface area contributed by atoms with Crippen LogP contribution in [0.3, 0.4) is 0 Å². The molecule has 2 aromatic rings. The lowest BCUT2D eigenvalue weighted by Gasteiger charge is -2.37. The van der Waals surface area contributed by atoms with Gasteiger partial charge in [-0.3, -0.25) is 0 Å². The standard InChI is InChI=1S/C22H26N2O3/c25-21-17-5-2-1-4-15(17)14-18(21)23-16-8-10-24(11-9-16)19-6-3-7-20-22(19)27-13-12-26-20/h1-7,16,18,21,23,25H,8-14H2/t18-,21+/m0/s1. The maximum absolute atomic E-state index is 10.6. The van der Waals surface area contributed by atoms with Crippen LogP contribution in [0.4, 0.5) is 5.69 Å². The van der Waals surface area contributed by atoms with Crippen molar-refractivity contribution in [2.24, 2.45) is 0 Å². The summed E-state index contributed by atoms with van der Waals surface area (Å²) < 4.78 is 11.6. The largest absolute Gasteiger partial charge is 0.486 e. The molecule has 0 unspecified atom stereocenters. The second-order valence-corrected chi connectivity index (χ2v) is 7.68. The number of anilines is 1. The van der Waals surface area contributed by atoms with Crippen LogP contribution in [0.25, 0.3) is 0 Å². The molecule has 0 saturated carbocycles. The van der Waals surface area contributed by atoms with Gasteiger partial charge in [-0.05, 0) is 42.5 Å². The van der Waals surface area contributed by atoms with E-state index in [0.717, 1.165) is 55.1 Å². The average molecular weight is 366 g/mol. The molecule has 2 aromatic carbocycles. The number of para-hydroxylation sites is 1. The highest BCUT2D eigenvalue weighted by Crippen LogP contribution is 2.40. The number of fused-ring (bicyclic) bond motifs is 2. The first-order chi connectivity index (χ1) is 13.3. The van der Waals surface area contributed by atoms with Crippen molar-refractivity contribution in [1.29, 1.82) is 0 Å². The Bertz CT molecular complexity index is 817. The fourth-order valence-corrected chi connectivity index (χ4v) is 4.62. The molecule has 5 heteroatoms. The Hall–Kier alpha value is -2.24. The van der Waals surface area contributed by atoms with Gasteiger partial charge in [0.25, 0.3) is 0 Å². The van der Waals surface area contributed by atoms with E-state index in [1.807, 2.05) is 24.3 Å². The van der Waals surface area contributed by atoms with Gasteiger partial charge in [-0.25, -0.2) is 0 Å². The summed E-state index contributed by atoms with van der Waals surface area (Å²) in [6.07, 6.45) is 2.63. The number of hydrogen-bond donors (Lipinski definition) is 2. The van der Waals surface area contributed by atoms with Crippen molar-refractivity contribution >= 4 is 5.69 Å². The molecule has 142 valence electrons. The van der Waals surface area contributed by atoms with Gasteiger partial charge < -0.3 is 24.8 Å². The predicted molar refractivity (Wildman–Crippen MR) is 105 cm³/mol. The number of aliphatic hydroxyl groups is 1. The maximum Gasteiger partial charge on any atom is 0.184 e. The van der Waals surface area contributed by atoms with Crippen molar-refractivity contribution in [2.45, 2.75) is 37.5 Å². The molecule has 5 nitrogen and oxygen atoms in total. The zero-order chi connectivity index (χ0) is 18.2. The molecule has 0 amide bonds. The van der Waals surface area contributed by atoms with Crippen molar-refractivity contribution in [2.75, 3.05) is 31.2 Å². The fourth-order valence-electron chi connectivity index (χ4n) is 4.62. The fraction of sp³-hybridized carbons (Fsp3) is 0.455. The molecule has 0 spiro atoms. The molecule has 5 rings (SSSR count). The predicted octanol–water partition coefficient (Wildman–Crippen LogP) is 2.67. The third-order valence-electron chi connectivity index (χ3n) is 6.03. The van der Waals surface area contributed by atoms with Gasteiger partial charge in [-0.1, -0.05) is 30.3 Å². The molecular formula is C22H26N2O3.